The molecule has 1 unspecified atom stereocenters. The normalized spacial score (nSPS) is 11.5. The van der Waals surface area contributed by atoms with Crippen LogP contribution in [0.15, 0.2) is 31.0 Å². The third-order valence-corrected chi connectivity index (χ3v) is 2.51. The number of amides is 2. The summed E-state index contributed by atoms with van der Waals surface area (Å²) in [5, 5.41) is 5.31. The summed E-state index contributed by atoms with van der Waals surface area (Å²) in [7, 11) is 0. The molecule has 0 aliphatic heterocycles. The highest BCUT2D eigenvalue weighted by molar-refractivity contribution is 5.75. The first-order valence-corrected chi connectivity index (χ1v) is 5.99. The number of nitrogens with one attached hydrogen (secondary N) is 2. The van der Waals surface area contributed by atoms with Gasteiger partial charge < -0.3 is 15.4 Å². The summed E-state index contributed by atoms with van der Waals surface area (Å²) in [6.07, 6.45) is 1.35. The summed E-state index contributed by atoms with van der Waals surface area (Å²) in [4.78, 5) is 11.4. The Morgan fingerprint density at radius 2 is 2.28 bits per heavy atom. The van der Waals surface area contributed by atoms with Crippen molar-refractivity contribution in [3.05, 3.63) is 42.1 Å². The quantitative estimate of drug-likeness (QED) is 0.841. The summed E-state index contributed by atoms with van der Waals surface area (Å²) in [6.45, 7) is 9.91. The van der Waals surface area contributed by atoms with Crippen LogP contribution in [0, 0.1) is 6.92 Å². The highest BCUT2D eigenvalue weighted by Crippen LogP contribution is 2.26. The number of aryl methyl sites for hydroxylation is 1. The van der Waals surface area contributed by atoms with Crippen LogP contribution >= 0.6 is 0 Å². The molecule has 4 nitrogen and oxygen atoms in total. The molecule has 1 atom stereocenters. The average molecular weight is 248 g/mol. The van der Waals surface area contributed by atoms with Crippen molar-refractivity contribution in [1.82, 2.24) is 10.6 Å². The SMILES string of the molecule is C=CNC(=O)NC(C)c1cc(C)ccc1OCC. The van der Waals surface area contributed by atoms with Gasteiger partial charge in [0.05, 0.1) is 12.6 Å². The van der Waals surface area contributed by atoms with Crippen molar-refractivity contribution in [1.29, 1.82) is 0 Å². The van der Waals surface area contributed by atoms with Gasteiger partial charge in [-0.25, -0.2) is 4.79 Å². The molecule has 2 N–H and O–H groups in total. The van der Waals surface area contributed by atoms with E-state index in [1.165, 1.54) is 6.20 Å². The van der Waals surface area contributed by atoms with E-state index in [0.29, 0.717) is 6.61 Å². The molecule has 18 heavy (non-hydrogen) atoms. The predicted octanol–water partition coefficient (Wildman–Crippen LogP) is 2.90. The number of urea groups is 1. The van der Waals surface area contributed by atoms with E-state index in [9.17, 15) is 4.79 Å². The first-order chi connectivity index (χ1) is 8.58. The second-order valence-electron chi connectivity index (χ2n) is 4.02. The maximum atomic E-state index is 11.4. The van der Waals surface area contributed by atoms with Crippen LogP contribution in [0.5, 0.6) is 5.75 Å². The molecule has 0 aromatic heterocycles. The van der Waals surface area contributed by atoms with Crippen LogP contribution in [0.4, 0.5) is 4.79 Å². The minimum atomic E-state index is -0.276. The van der Waals surface area contributed by atoms with Crippen LogP contribution in [-0.2, 0) is 0 Å². The van der Waals surface area contributed by atoms with Crippen molar-refractivity contribution >= 4 is 6.03 Å². The second kappa shape index (κ2) is 6.69. The second-order valence-corrected chi connectivity index (χ2v) is 4.02. The van der Waals surface area contributed by atoms with Gasteiger partial charge in [-0.2, -0.15) is 0 Å². The maximum Gasteiger partial charge on any atom is 0.319 e. The van der Waals surface area contributed by atoms with Crippen molar-refractivity contribution in [2.75, 3.05) is 6.61 Å². The van der Waals surface area contributed by atoms with Crippen molar-refractivity contribution in [3.63, 3.8) is 0 Å². The summed E-state index contributed by atoms with van der Waals surface area (Å²) < 4.78 is 5.56. The summed E-state index contributed by atoms with van der Waals surface area (Å²) in [5.41, 5.74) is 2.10. The number of hydrogen-bond acceptors (Lipinski definition) is 2. The Bertz CT molecular complexity index is 430. The van der Waals surface area contributed by atoms with Crippen molar-refractivity contribution in [2.24, 2.45) is 0 Å². The van der Waals surface area contributed by atoms with Gasteiger partial charge in [-0.05, 0) is 33.0 Å². The Kier molecular flexibility index (Phi) is 5.24. The van der Waals surface area contributed by atoms with Gasteiger partial charge in [0.25, 0.3) is 0 Å². The summed E-state index contributed by atoms with van der Waals surface area (Å²) in [5.74, 6) is 0.800. The molecule has 0 heterocycles. The van der Waals surface area contributed by atoms with Crippen LogP contribution in [0.25, 0.3) is 0 Å². The molecule has 1 rings (SSSR count). The van der Waals surface area contributed by atoms with Crippen molar-refractivity contribution < 1.29 is 9.53 Å². The molecule has 0 bridgehead atoms. The topological polar surface area (TPSA) is 50.4 Å². The van der Waals surface area contributed by atoms with E-state index >= 15 is 0 Å². The molecule has 0 saturated heterocycles. The Morgan fingerprint density at radius 1 is 1.56 bits per heavy atom. The van der Waals surface area contributed by atoms with Crippen LogP contribution in [0.3, 0.4) is 0 Å². The molecule has 0 aliphatic rings. The molecular weight excluding hydrogens is 228 g/mol. The first-order valence-electron chi connectivity index (χ1n) is 5.99. The van der Waals surface area contributed by atoms with E-state index in [1.54, 1.807) is 0 Å². The molecule has 2 amide bonds. The molecule has 0 radical (unpaired) electrons. The minimum Gasteiger partial charge on any atom is -0.494 e. The first kappa shape index (κ1) is 14.1. The fourth-order valence-electron chi connectivity index (χ4n) is 1.70. The third kappa shape index (κ3) is 3.80. The fourth-order valence-corrected chi connectivity index (χ4v) is 1.70. The van der Waals surface area contributed by atoms with E-state index in [4.69, 9.17) is 4.74 Å². The van der Waals surface area contributed by atoms with Crippen LogP contribution in [0.2, 0.25) is 0 Å². The molecule has 0 spiro atoms. The highest BCUT2D eigenvalue weighted by atomic mass is 16.5. The molecule has 1 aromatic carbocycles. The average Bonchev–Trinajstić information content (AvgIpc) is 2.32. The van der Waals surface area contributed by atoms with Crippen LogP contribution in [0.1, 0.15) is 31.0 Å². The molecule has 98 valence electrons. The lowest BCUT2D eigenvalue weighted by molar-refractivity contribution is 0.241. The lowest BCUT2D eigenvalue weighted by Crippen LogP contribution is -2.34. The zero-order valence-electron chi connectivity index (χ0n) is 11.1. The van der Waals surface area contributed by atoms with Crippen LogP contribution < -0.4 is 15.4 Å². The standard InChI is InChI=1S/C14H20N2O2/c1-5-15-14(17)16-11(4)12-9-10(3)7-8-13(12)18-6-2/h5,7-9,11H,1,6H2,2-4H3,(H2,15,16,17). The lowest BCUT2D eigenvalue weighted by atomic mass is 10.0. The maximum absolute atomic E-state index is 11.4. The highest BCUT2D eigenvalue weighted by Gasteiger charge is 2.13. The van der Waals surface area contributed by atoms with Gasteiger partial charge >= 0.3 is 6.03 Å². The van der Waals surface area contributed by atoms with E-state index in [-0.39, 0.29) is 12.1 Å². The molecule has 0 aliphatic carbocycles. The third-order valence-electron chi connectivity index (χ3n) is 2.51. The lowest BCUT2D eigenvalue weighted by Gasteiger charge is -2.18. The summed E-state index contributed by atoms with van der Waals surface area (Å²) in [6, 6.07) is 5.53. The number of carbonyl (C=O) groups excluding carboxylic acids is 1. The molecule has 0 saturated carbocycles. The summed E-state index contributed by atoms with van der Waals surface area (Å²) >= 11 is 0. The van der Waals surface area contributed by atoms with Gasteiger partial charge in [-0.1, -0.05) is 24.3 Å². The fraction of sp³-hybridized carbons (Fsp3) is 0.357. The minimum absolute atomic E-state index is 0.133. The predicted molar refractivity (Wildman–Crippen MR) is 72.6 cm³/mol. The van der Waals surface area contributed by atoms with Gasteiger partial charge in [0, 0.05) is 5.56 Å². The number of ether oxygens (including phenoxy) is 1. The number of hydrogen-bond donors (Lipinski definition) is 2. The molecular formula is C14H20N2O2. The van der Waals surface area contributed by atoms with Gasteiger partial charge in [-0.3, -0.25) is 0 Å². The smallest absolute Gasteiger partial charge is 0.319 e. The monoisotopic (exact) mass is 248 g/mol. The molecule has 1 aromatic rings. The zero-order chi connectivity index (χ0) is 13.5. The molecule has 0 fully saturated rings. The van der Waals surface area contributed by atoms with Crippen molar-refractivity contribution in [2.45, 2.75) is 26.8 Å². The number of rotatable bonds is 5. The Hall–Kier alpha value is -1.97. The molecule has 4 heteroatoms. The number of benzene rings is 1. The van der Waals surface area contributed by atoms with E-state index in [2.05, 4.69) is 17.2 Å². The van der Waals surface area contributed by atoms with Gasteiger partial charge in [0.1, 0.15) is 5.75 Å². The van der Waals surface area contributed by atoms with Gasteiger partial charge in [0.15, 0.2) is 0 Å². The van der Waals surface area contributed by atoms with Gasteiger partial charge in [0.2, 0.25) is 0 Å². The van der Waals surface area contributed by atoms with Crippen LogP contribution in [-0.4, -0.2) is 12.6 Å². The van der Waals surface area contributed by atoms with E-state index in [0.717, 1.165) is 16.9 Å². The Balaban J connectivity index is 2.88. The van der Waals surface area contributed by atoms with E-state index < -0.39 is 0 Å². The number of carbonyl (C=O) groups is 1. The van der Waals surface area contributed by atoms with Crippen molar-refractivity contribution in [3.8, 4) is 5.75 Å². The van der Waals surface area contributed by atoms with Gasteiger partial charge in [-0.15, -0.1) is 0 Å². The largest absolute Gasteiger partial charge is 0.494 e. The Morgan fingerprint density at radius 3 is 2.89 bits per heavy atom. The zero-order valence-corrected chi connectivity index (χ0v) is 11.1. The van der Waals surface area contributed by atoms with E-state index in [1.807, 2.05) is 39.0 Å². The Labute approximate surface area is 108 Å².